The van der Waals surface area contributed by atoms with Gasteiger partial charge in [0.15, 0.2) is 18.5 Å². The number of hydrogen-bond donors (Lipinski definition) is 3. The van der Waals surface area contributed by atoms with E-state index >= 15 is 0 Å². The Kier molecular flexibility index (Phi) is 17.6. The Morgan fingerprint density at radius 3 is 1.91 bits per heavy atom. The Balaban J connectivity index is 0.000000733. The van der Waals surface area contributed by atoms with Gasteiger partial charge in [-0.05, 0) is 19.1 Å². The van der Waals surface area contributed by atoms with Crippen LogP contribution in [0.15, 0.2) is 29.2 Å². The van der Waals surface area contributed by atoms with Crippen LogP contribution in [-0.4, -0.2) is 114 Å². The SMILES string of the molecule is CC(=O)NC1C(OCCOCCOCCN)OC(COC(C)=O)C(OC(C)=O)C1OC(C)=O.Cc1ccc(S(=O)(=O)O)cc1. The minimum Gasteiger partial charge on any atom is -0.463 e. The molecule has 0 aromatic heterocycles. The Labute approximate surface area is 256 Å². The Bertz CT molecular complexity index is 1160. The first kappa shape index (κ1) is 38.8. The average molecular weight is 651 g/mol. The second-order valence-corrected chi connectivity index (χ2v) is 10.8. The number of hydrogen-bond acceptors (Lipinski definition) is 14. The molecule has 1 aliphatic heterocycles. The molecule has 1 amide bonds. The maximum absolute atomic E-state index is 11.8. The molecule has 16 nitrogen and oxygen atoms in total. The predicted octanol–water partition coefficient (Wildman–Crippen LogP) is -0.107. The van der Waals surface area contributed by atoms with Gasteiger partial charge in [0.25, 0.3) is 10.1 Å². The fraction of sp³-hybridized carbons (Fsp3) is 0.630. The molecule has 0 spiro atoms. The number of nitrogens with two attached hydrogens (primary N) is 1. The lowest BCUT2D eigenvalue weighted by Gasteiger charge is -2.44. The van der Waals surface area contributed by atoms with Crippen molar-refractivity contribution in [3.05, 3.63) is 29.8 Å². The van der Waals surface area contributed by atoms with Crippen molar-refractivity contribution in [2.75, 3.05) is 46.2 Å². The molecule has 0 bridgehead atoms. The number of carbonyl (C=O) groups is 4. The van der Waals surface area contributed by atoms with Crippen LogP contribution in [0.2, 0.25) is 0 Å². The standard InChI is InChI=1S/C20H34N2O11.C7H8O3S/c1-12(23)22-17-19(32-15(4)26)18(31-14(3)25)16(11-30-13(2)24)33-20(17)29-10-9-28-8-7-27-6-5-21;1-6-2-4-7(5-3-6)11(8,9)10/h16-20H,5-11,21H2,1-4H3,(H,22,23);2-5H,1H3,(H,8,9,10). The van der Waals surface area contributed by atoms with Gasteiger partial charge in [-0.15, -0.1) is 0 Å². The Hall–Kier alpha value is -3.19. The highest BCUT2D eigenvalue weighted by atomic mass is 32.2. The highest BCUT2D eigenvalue weighted by Gasteiger charge is 2.51. The van der Waals surface area contributed by atoms with Crippen LogP contribution in [0.5, 0.6) is 0 Å². The van der Waals surface area contributed by atoms with Crippen molar-refractivity contribution in [3.63, 3.8) is 0 Å². The van der Waals surface area contributed by atoms with E-state index in [1.165, 1.54) is 32.9 Å². The summed E-state index contributed by atoms with van der Waals surface area (Å²) < 4.78 is 67.4. The highest BCUT2D eigenvalue weighted by Crippen LogP contribution is 2.28. The van der Waals surface area contributed by atoms with Crippen LogP contribution in [0.1, 0.15) is 33.3 Å². The zero-order chi connectivity index (χ0) is 33.3. The van der Waals surface area contributed by atoms with Crippen LogP contribution < -0.4 is 11.1 Å². The van der Waals surface area contributed by atoms with E-state index in [0.29, 0.717) is 26.4 Å². The predicted molar refractivity (Wildman–Crippen MR) is 152 cm³/mol. The van der Waals surface area contributed by atoms with E-state index in [0.717, 1.165) is 12.5 Å². The molecule has 4 N–H and O–H groups in total. The summed E-state index contributed by atoms with van der Waals surface area (Å²) in [7, 11) is -4.02. The summed E-state index contributed by atoms with van der Waals surface area (Å²) >= 11 is 0. The number of benzene rings is 1. The third kappa shape index (κ3) is 15.5. The quantitative estimate of drug-likeness (QED) is 0.0974. The average Bonchev–Trinajstić information content (AvgIpc) is 2.91. The molecule has 5 atom stereocenters. The zero-order valence-corrected chi connectivity index (χ0v) is 26.2. The number of carbonyl (C=O) groups excluding carboxylic acids is 4. The molecule has 1 aromatic rings. The summed E-state index contributed by atoms with van der Waals surface area (Å²) in [4.78, 5) is 46.5. The van der Waals surface area contributed by atoms with Gasteiger partial charge in [0.2, 0.25) is 5.91 Å². The first-order chi connectivity index (χ1) is 20.6. The third-order valence-corrected chi connectivity index (χ3v) is 6.40. The molecule has 5 unspecified atom stereocenters. The van der Waals surface area contributed by atoms with E-state index in [9.17, 15) is 27.6 Å². The van der Waals surface area contributed by atoms with Crippen molar-refractivity contribution < 1.29 is 65.3 Å². The lowest BCUT2D eigenvalue weighted by molar-refractivity contribution is -0.279. The Morgan fingerprint density at radius 1 is 0.864 bits per heavy atom. The normalized spacial score (nSPS) is 21.3. The van der Waals surface area contributed by atoms with Gasteiger partial charge >= 0.3 is 17.9 Å². The summed E-state index contributed by atoms with van der Waals surface area (Å²) in [6, 6.07) is 4.97. The third-order valence-electron chi connectivity index (χ3n) is 5.53. The van der Waals surface area contributed by atoms with Crippen molar-refractivity contribution in [2.45, 2.75) is 70.2 Å². The van der Waals surface area contributed by atoms with E-state index in [1.54, 1.807) is 12.1 Å². The van der Waals surface area contributed by atoms with Crippen molar-refractivity contribution in [1.29, 1.82) is 0 Å². The van der Waals surface area contributed by atoms with Gasteiger partial charge in [-0.2, -0.15) is 8.42 Å². The molecule has 1 aliphatic rings. The minimum absolute atomic E-state index is 0.0585. The summed E-state index contributed by atoms with van der Waals surface area (Å²) in [6.07, 6.45) is -4.48. The lowest BCUT2D eigenvalue weighted by Crippen LogP contribution is -2.66. The van der Waals surface area contributed by atoms with Gasteiger partial charge in [-0.3, -0.25) is 23.7 Å². The molecular formula is C27H42N2O14S. The van der Waals surface area contributed by atoms with Crippen LogP contribution in [-0.2, 0) is 62.5 Å². The minimum atomic E-state index is -4.02. The summed E-state index contributed by atoms with van der Waals surface area (Å²) in [5.41, 5.74) is 6.29. The Morgan fingerprint density at radius 2 is 1.41 bits per heavy atom. The van der Waals surface area contributed by atoms with Gasteiger partial charge in [0.05, 0.1) is 37.9 Å². The second-order valence-electron chi connectivity index (χ2n) is 9.39. The fourth-order valence-corrected chi connectivity index (χ4v) is 4.25. The van der Waals surface area contributed by atoms with Gasteiger partial charge < -0.3 is 44.2 Å². The van der Waals surface area contributed by atoms with Crippen molar-refractivity contribution in [3.8, 4) is 0 Å². The van der Waals surface area contributed by atoms with Crippen LogP contribution in [0, 0.1) is 6.92 Å². The van der Waals surface area contributed by atoms with Gasteiger partial charge in [-0.25, -0.2) is 0 Å². The van der Waals surface area contributed by atoms with Crippen LogP contribution in [0.4, 0.5) is 0 Å². The molecule has 1 heterocycles. The van der Waals surface area contributed by atoms with E-state index in [4.69, 9.17) is 43.4 Å². The summed E-state index contributed by atoms with van der Waals surface area (Å²) in [6.45, 7) is 8.12. The molecule has 17 heteroatoms. The van der Waals surface area contributed by atoms with Crippen molar-refractivity contribution >= 4 is 33.9 Å². The van der Waals surface area contributed by atoms with E-state index in [2.05, 4.69) is 5.32 Å². The number of rotatable bonds is 15. The first-order valence-electron chi connectivity index (χ1n) is 13.6. The van der Waals surface area contributed by atoms with E-state index in [1.807, 2.05) is 6.92 Å². The lowest BCUT2D eigenvalue weighted by atomic mass is 9.96. The van der Waals surface area contributed by atoms with Crippen LogP contribution >= 0.6 is 0 Å². The number of amides is 1. The molecule has 2 rings (SSSR count). The molecule has 250 valence electrons. The fourth-order valence-electron chi connectivity index (χ4n) is 3.77. The number of ether oxygens (including phenoxy) is 7. The highest BCUT2D eigenvalue weighted by molar-refractivity contribution is 7.85. The topological polar surface area (TPSA) is 225 Å². The number of esters is 3. The summed E-state index contributed by atoms with van der Waals surface area (Å²) in [5.74, 6) is -2.40. The molecule has 1 fully saturated rings. The van der Waals surface area contributed by atoms with Gasteiger partial charge in [0.1, 0.15) is 18.8 Å². The maximum Gasteiger partial charge on any atom is 0.303 e. The molecule has 1 aromatic carbocycles. The molecule has 44 heavy (non-hydrogen) atoms. The molecule has 0 aliphatic carbocycles. The first-order valence-corrected chi connectivity index (χ1v) is 15.0. The van der Waals surface area contributed by atoms with E-state index < -0.39 is 64.6 Å². The molecular weight excluding hydrogens is 608 g/mol. The van der Waals surface area contributed by atoms with Gasteiger partial charge in [0, 0.05) is 34.2 Å². The summed E-state index contributed by atoms with van der Waals surface area (Å²) in [5, 5.41) is 2.61. The maximum atomic E-state index is 11.8. The van der Waals surface area contributed by atoms with E-state index in [-0.39, 0.29) is 24.7 Å². The van der Waals surface area contributed by atoms with Crippen molar-refractivity contribution in [1.82, 2.24) is 5.32 Å². The van der Waals surface area contributed by atoms with Gasteiger partial charge in [-0.1, -0.05) is 17.7 Å². The zero-order valence-electron chi connectivity index (χ0n) is 25.4. The van der Waals surface area contributed by atoms with Crippen LogP contribution in [0.3, 0.4) is 0 Å². The molecule has 0 radical (unpaired) electrons. The monoisotopic (exact) mass is 650 g/mol. The van der Waals surface area contributed by atoms with Crippen molar-refractivity contribution in [2.24, 2.45) is 5.73 Å². The second kappa shape index (κ2) is 20.0. The molecule has 0 saturated carbocycles. The number of aryl methyl sites for hydroxylation is 1. The largest absolute Gasteiger partial charge is 0.463 e. The molecule has 1 saturated heterocycles. The van der Waals surface area contributed by atoms with Crippen LogP contribution in [0.25, 0.3) is 0 Å². The number of nitrogens with one attached hydrogen (secondary N) is 1. The smallest absolute Gasteiger partial charge is 0.303 e.